The van der Waals surface area contributed by atoms with Crippen LogP contribution in [0.3, 0.4) is 0 Å². The molecule has 0 aromatic heterocycles. The number of halogens is 1. The predicted octanol–water partition coefficient (Wildman–Crippen LogP) is 3.52. The van der Waals surface area contributed by atoms with E-state index in [1.165, 1.54) is 12.1 Å². The van der Waals surface area contributed by atoms with Crippen LogP contribution < -0.4 is 16.0 Å². The van der Waals surface area contributed by atoms with E-state index in [-0.39, 0.29) is 23.6 Å². The van der Waals surface area contributed by atoms with Gasteiger partial charge < -0.3 is 21.1 Å². The Balaban J connectivity index is 1.81. The molecule has 2 aliphatic rings. The molecule has 0 saturated heterocycles. The van der Waals surface area contributed by atoms with E-state index < -0.39 is 18.0 Å². The molecular weight excluding hydrogens is 383 g/mol. The van der Waals surface area contributed by atoms with Gasteiger partial charge in [0.25, 0.3) is 0 Å². The molecule has 2 aromatic carbocycles. The highest BCUT2D eigenvalue weighted by molar-refractivity contribution is 5.93. The number of aliphatic hydroxyl groups excluding tert-OH is 1. The van der Waals surface area contributed by atoms with Crippen molar-refractivity contribution in [2.45, 2.75) is 45.0 Å². The van der Waals surface area contributed by atoms with Crippen molar-refractivity contribution in [1.82, 2.24) is 0 Å². The summed E-state index contributed by atoms with van der Waals surface area (Å²) in [5.41, 5.74) is 8.12. The van der Waals surface area contributed by atoms with Gasteiger partial charge >= 0.3 is 0 Å². The first-order valence-corrected chi connectivity index (χ1v) is 10.2. The first-order valence-electron chi connectivity index (χ1n) is 10.2. The number of fused-ring (bicyclic) bond motifs is 1. The van der Waals surface area contributed by atoms with E-state index in [2.05, 4.69) is 12.2 Å². The third kappa shape index (κ3) is 3.48. The summed E-state index contributed by atoms with van der Waals surface area (Å²) in [6, 6.07) is 11.4. The first kappa shape index (κ1) is 20.2. The smallest absolute Gasteiger partial charge is 0.248 e. The number of carbonyl (C=O) groups excluding carboxylic acids is 1. The third-order valence-electron chi connectivity index (χ3n) is 6.23. The molecule has 156 valence electrons. The molecule has 1 heterocycles. The number of nitriles is 1. The summed E-state index contributed by atoms with van der Waals surface area (Å²) in [5.74, 6) is -0.565. The molecule has 2 aromatic rings. The Morgan fingerprint density at radius 3 is 2.63 bits per heavy atom. The maximum atomic E-state index is 14.2. The number of primary amides is 1. The van der Waals surface area contributed by atoms with Crippen LogP contribution in [-0.4, -0.2) is 23.3 Å². The highest BCUT2D eigenvalue weighted by atomic mass is 19.1. The monoisotopic (exact) mass is 408 g/mol. The predicted molar refractivity (Wildman–Crippen MR) is 112 cm³/mol. The number of nitrogens with one attached hydrogen (secondary N) is 1. The zero-order chi connectivity index (χ0) is 21.6. The fourth-order valence-electron chi connectivity index (χ4n) is 4.72. The number of benzene rings is 2. The number of nitrogens with zero attached hydrogens (tertiary/aromatic N) is 2. The summed E-state index contributed by atoms with van der Waals surface area (Å²) in [6.45, 7) is 3.85. The van der Waals surface area contributed by atoms with Gasteiger partial charge in [-0.15, -0.1) is 0 Å². The zero-order valence-electron chi connectivity index (χ0n) is 17.0. The van der Waals surface area contributed by atoms with Crippen LogP contribution in [0.15, 0.2) is 36.4 Å². The van der Waals surface area contributed by atoms with Crippen molar-refractivity contribution < 1.29 is 14.3 Å². The fraction of sp³-hybridized carbons (Fsp3) is 0.391. The van der Waals surface area contributed by atoms with Gasteiger partial charge in [0, 0.05) is 28.9 Å². The summed E-state index contributed by atoms with van der Waals surface area (Å²) < 4.78 is 14.2. The van der Waals surface area contributed by atoms with E-state index in [1.807, 2.05) is 17.0 Å². The van der Waals surface area contributed by atoms with Crippen molar-refractivity contribution in [1.29, 1.82) is 5.26 Å². The van der Waals surface area contributed by atoms with Crippen molar-refractivity contribution in [2.75, 3.05) is 10.2 Å². The van der Waals surface area contributed by atoms with Gasteiger partial charge in [-0.1, -0.05) is 6.92 Å². The van der Waals surface area contributed by atoms with Gasteiger partial charge in [0.1, 0.15) is 18.1 Å². The Bertz CT molecular complexity index is 1030. The second-order valence-corrected chi connectivity index (χ2v) is 8.29. The van der Waals surface area contributed by atoms with Crippen LogP contribution in [-0.2, 0) is 0 Å². The molecule has 1 aliphatic heterocycles. The number of rotatable bonds is 5. The average Bonchev–Trinajstić information content (AvgIpc) is 3.54. The lowest BCUT2D eigenvalue weighted by atomic mass is 9.79. The Morgan fingerprint density at radius 1 is 1.33 bits per heavy atom. The lowest BCUT2D eigenvalue weighted by Gasteiger charge is -2.48. The molecule has 4 rings (SSSR count). The van der Waals surface area contributed by atoms with Crippen LogP contribution in [0.4, 0.5) is 15.8 Å². The normalized spacial score (nSPS) is 24.0. The molecule has 0 radical (unpaired) electrons. The van der Waals surface area contributed by atoms with Crippen molar-refractivity contribution >= 4 is 17.3 Å². The van der Waals surface area contributed by atoms with E-state index in [0.717, 1.165) is 24.1 Å². The van der Waals surface area contributed by atoms with Crippen LogP contribution in [0, 0.1) is 29.0 Å². The van der Waals surface area contributed by atoms with Gasteiger partial charge in [-0.3, -0.25) is 4.79 Å². The van der Waals surface area contributed by atoms with Crippen LogP contribution >= 0.6 is 0 Å². The first-order chi connectivity index (χ1) is 14.3. The van der Waals surface area contributed by atoms with Crippen LogP contribution in [0.25, 0.3) is 0 Å². The standard InChI is InChI=1S/C23H25FN4O2/c1-12-21(27-17-7-5-16(11-25)19(24)10-17)18-9-15(23(26)30)6-8-20(18)28(13(2)29)22(12)14-3-4-14/h5-10,12-14,21-22,27,29H,3-4H2,1-2H3,(H2,26,30)/t12-,13?,21-,22-/m1/s1. The number of amides is 1. The molecule has 7 heteroatoms. The Hall–Kier alpha value is -3.11. The maximum absolute atomic E-state index is 14.2. The largest absolute Gasteiger partial charge is 0.378 e. The van der Waals surface area contributed by atoms with Crippen molar-refractivity contribution in [3.8, 4) is 6.07 Å². The quantitative estimate of drug-likeness (QED) is 0.702. The highest BCUT2D eigenvalue weighted by Gasteiger charge is 2.47. The number of hydrogen-bond acceptors (Lipinski definition) is 5. The number of carbonyl (C=O) groups is 1. The fourth-order valence-corrected chi connectivity index (χ4v) is 4.72. The number of hydrogen-bond donors (Lipinski definition) is 3. The van der Waals surface area contributed by atoms with Crippen LogP contribution in [0.2, 0.25) is 0 Å². The van der Waals surface area contributed by atoms with E-state index in [1.54, 1.807) is 25.1 Å². The zero-order valence-corrected chi connectivity index (χ0v) is 17.0. The van der Waals surface area contributed by atoms with E-state index in [0.29, 0.717) is 17.2 Å². The second-order valence-electron chi connectivity index (χ2n) is 8.29. The summed E-state index contributed by atoms with van der Waals surface area (Å²) >= 11 is 0. The highest BCUT2D eigenvalue weighted by Crippen LogP contribution is 2.50. The minimum Gasteiger partial charge on any atom is -0.378 e. The van der Waals surface area contributed by atoms with Gasteiger partial charge in [0.2, 0.25) is 5.91 Å². The summed E-state index contributed by atoms with van der Waals surface area (Å²) in [6.07, 6.45) is 1.51. The molecule has 1 amide bonds. The minimum absolute atomic E-state index is 0.00945. The van der Waals surface area contributed by atoms with Crippen molar-refractivity contribution in [3.63, 3.8) is 0 Å². The second kappa shape index (κ2) is 7.62. The number of nitrogens with two attached hydrogens (primary N) is 1. The molecular formula is C23H25FN4O2. The van der Waals surface area contributed by atoms with E-state index in [4.69, 9.17) is 11.0 Å². The number of aliphatic hydroxyl groups is 1. The van der Waals surface area contributed by atoms with Gasteiger partial charge in [0.05, 0.1) is 11.6 Å². The Kier molecular flexibility index (Phi) is 5.12. The molecule has 6 nitrogen and oxygen atoms in total. The van der Waals surface area contributed by atoms with E-state index in [9.17, 15) is 14.3 Å². The topological polar surface area (TPSA) is 102 Å². The molecule has 1 unspecified atom stereocenters. The van der Waals surface area contributed by atoms with Crippen molar-refractivity contribution in [3.05, 3.63) is 58.9 Å². The van der Waals surface area contributed by atoms with Crippen LogP contribution in [0.1, 0.15) is 54.2 Å². The molecule has 4 atom stereocenters. The van der Waals surface area contributed by atoms with Gasteiger partial charge in [-0.25, -0.2) is 4.39 Å². The van der Waals surface area contributed by atoms with Crippen LogP contribution in [0.5, 0.6) is 0 Å². The molecule has 30 heavy (non-hydrogen) atoms. The Labute approximate surface area is 175 Å². The molecule has 1 fully saturated rings. The average molecular weight is 408 g/mol. The lowest BCUT2D eigenvalue weighted by Crippen LogP contribution is -2.52. The van der Waals surface area contributed by atoms with Gasteiger partial charge in [0.15, 0.2) is 0 Å². The summed E-state index contributed by atoms with van der Waals surface area (Å²) in [7, 11) is 0. The van der Waals surface area contributed by atoms with E-state index >= 15 is 0 Å². The van der Waals surface area contributed by atoms with Gasteiger partial charge in [-0.2, -0.15) is 5.26 Å². The molecule has 1 aliphatic carbocycles. The minimum atomic E-state index is -0.690. The molecule has 1 saturated carbocycles. The molecule has 0 bridgehead atoms. The Morgan fingerprint density at radius 2 is 2.07 bits per heavy atom. The molecule has 0 spiro atoms. The van der Waals surface area contributed by atoms with Crippen molar-refractivity contribution in [2.24, 2.45) is 17.6 Å². The SMILES string of the molecule is CC(O)N1c2ccc(C(N)=O)cc2[C@H](Nc2ccc(C#N)c(F)c2)[C@@H](C)[C@@H]1C1CC1. The lowest BCUT2D eigenvalue weighted by molar-refractivity contribution is 0.1000. The summed E-state index contributed by atoms with van der Waals surface area (Å²) in [4.78, 5) is 13.8. The maximum Gasteiger partial charge on any atom is 0.248 e. The summed E-state index contributed by atoms with van der Waals surface area (Å²) in [5, 5.41) is 23.0. The third-order valence-corrected chi connectivity index (χ3v) is 6.23. The molecule has 4 N–H and O–H groups in total. The number of anilines is 2. The van der Waals surface area contributed by atoms with Gasteiger partial charge in [-0.05, 0) is 67.6 Å².